The fourth-order valence-corrected chi connectivity index (χ4v) is 4.01. The number of amides is 1. The van der Waals surface area contributed by atoms with Crippen LogP contribution in [0.25, 0.3) is 0 Å². The summed E-state index contributed by atoms with van der Waals surface area (Å²) in [5.41, 5.74) is 0. The van der Waals surface area contributed by atoms with E-state index in [1.54, 1.807) is 11.3 Å². The molecule has 0 aliphatic carbocycles. The van der Waals surface area contributed by atoms with Crippen molar-refractivity contribution in [3.05, 3.63) is 22.4 Å². The second-order valence-corrected chi connectivity index (χ2v) is 6.83. The third-order valence-electron chi connectivity index (χ3n) is 4.44. The van der Waals surface area contributed by atoms with Gasteiger partial charge in [-0.3, -0.25) is 10.1 Å². The summed E-state index contributed by atoms with van der Waals surface area (Å²) in [4.78, 5) is 15.8. The molecule has 0 spiro atoms. The third kappa shape index (κ3) is 3.30. The van der Waals surface area contributed by atoms with Crippen molar-refractivity contribution in [3.63, 3.8) is 0 Å². The van der Waals surface area contributed by atoms with Gasteiger partial charge in [0.1, 0.15) is 6.17 Å². The maximum absolute atomic E-state index is 12.5. The molecule has 1 aromatic heterocycles. The molecule has 0 aromatic carbocycles. The van der Waals surface area contributed by atoms with Crippen LogP contribution in [0.4, 0.5) is 0 Å². The fourth-order valence-electron chi connectivity index (χ4n) is 3.21. The van der Waals surface area contributed by atoms with Crippen molar-refractivity contribution in [1.29, 1.82) is 0 Å². The standard InChI is InChI=1S/C16H24N2O2S/c1-2-13-16(19)18(9-8-12-6-3-4-10-20-12)15(17-13)14-7-5-11-21-14/h5,7,11-13,15,17H,2-4,6,8-10H2,1H3. The van der Waals surface area contributed by atoms with Gasteiger partial charge in [-0.1, -0.05) is 13.0 Å². The average Bonchev–Trinajstić information content (AvgIpc) is 3.14. The van der Waals surface area contributed by atoms with Crippen molar-refractivity contribution in [2.24, 2.45) is 0 Å². The molecule has 2 aliphatic heterocycles. The highest BCUT2D eigenvalue weighted by Gasteiger charge is 2.39. The van der Waals surface area contributed by atoms with Crippen LogP contribution in [0.1, 0.15) is 50.1 Å². The quantitative estimate of drug-likeness (QED) is 0.909. The summed E-state index contributed by atoms with van der Waals surface area (Å²) in [7, 11) is 0. The molecule has 3 unspecified atom stereocenters. The first kappa shape index (κ1) is 15.0. The van der Waals surface area contributed by atoms with Gasteiger partial charge >= 0.3 is 0 Å². The molecule has 3 heterocycles. The number of nitrogens with one attached hydrogen (secondary N) is 1. The Hall–Kier alpha value is -0.910. The fraction of sp³-hybridized carbons (Fsp3) is 0.688. The number of nitrogens with zero attached hydrogens (tertiary/aromatic N) is 1. The van der Waals surface area contributed by atoms with Gasteiger partial charge in [0.25, 0.3) is 0 Å². The maximum atomic E-state index is 12.5. The van der Waals surface area contributed by atoms with Gasteiger partial charge in [0.2, 0.25) is 5.91 Å². The molecule has 0 radical (unpaired) electrons. The van der Waals surface area contributed by atoms with Crippen LogP contribution >= 0.6 is 11.3 Å². The van der Waals surface area contributed by atoms with Gasteiger partial charge in [-0.2, -0.15) is 0 Å². The van der Waals surface area contributed by atoms with Gasteiger partial charge in [0.05, 0.1) is 12.1 Å². The first-order valence-electron chi connectivity index (χ1n) is 8.01. The van der Waals surface area contributed by atoms with Gasteiger partial charge in [0.15, 0.2) is 0 Å². The first-order valence-corrected chi connectivity index (χ1v) is 8.89. The van der Waals surface area contributed by atoms with E-state index in [1.165, 1.54) is 17.7 Å². The van der Waals surface area contributed by atoms with E-state index in [9.17, 15) is 4.79 Å². The van der Waals surface area contributed by atoms with Crippen molar-refractivity contribution < 1.29 is 9.53 Å². The molecule has 1 amide bonds. The van der Waals surface area contributed by atoms with Crippen molar-refractivity contribution in [2.45, 2.75) is 57.3 Å². The van der Waals surface area contributed by atoms with E-state index in [2.05, 4.69) is 23.7 Å². The topological polar surface area (TPSA) is 41.6 Å². The lowest BCUT2D eigenvalue weighted by Crippen LogP contribution is -2.34. The van der Waals surface area contributed by atoms with Crippen LogP contribution < -0.4 is 5.32 Å². The molecule has 21 heavy (non-hydrogen) atoms. The second-order valence-electron chi connectivity index (χ2n) is 5.85. The van der Waals surface area contributed by atoms with E-state index in [1.807, 2.05) is 11.0 Å². The maximum Gasteiger partial charge on any atom is 0.241 e. The summed E-state index contributed by atoms with van der Waals surface area (Å²) in [5, 5.41) is 5.55. The second kappa shape index (κ2) is 6.90. The lowest BCUT2D eigenvalue weighted by atomic mass is 10.1. The number of hydrogen-bond donors (Lipinski definition) is 1. The number of ether oxygens (including phenoxy) is 1. The van der Waals surface area contributed by atoms with E-state index in [4.69, 9.17) is 4.74 Å². The van der Waals surface area contributed by atoms with Crippen LogP contribution in [-0.4, -0.2) is 36.1 Å². The van der Waals surface area contributed by atoms with E-state index in [-0.39, 0.29) is 18.1 Å². The highest BCUT2D eigenvalue weighted by Crippen LogP contribution is 2.30. The van der Waals surface area contributed by atoms with Gasteiger partial charge in [-0.15, -0.1) is 11.3 Å². The summed E-state index contributed by atoms with van der Waals surface area (Å²) >= 11 is 1.71. The van der Waals surface area contributed by atoms with Crippen LogP contribution in [0.15, 0.2) is 17.5 Å². The van der Waals surface area contributed by atoms with Gasteiger partial charge < -0.3 is 9.64 Å². The molecule has 2 fully saturated rings. The lowest BCUT2D eigenvalue weighted by Gasteiger charge is -2.27. The number of hydrogen-bond acceptors (Lipinski definition) is 4. The highest BCUT2D eigenvalue weighted by atomic mass is 32.1. The zero-order valence-corrected chi connectivity index (χ0v) is 13.4. The van der Waals surface area contributed by atoms with Crippen LogP contribution in [0.5, 0.6) is 0 Å². The minimum absolute atomic E-state index is 0.0376. The average molecular weight is 308 g/mol. The molecule has 2 aliphatic rings. The summed E-state index contributed by atoms with van der Waals surface area (Å²) in [6, 6.07) is 4.12. The van der Waals surface area contributed by atoms with E-state index >= 15 is 0 Å². The molecule has 0 saturated carbocycles. The number of carbonyl (C=O) groups is 1. The van der Waals surface area contributed by atoms with Crippen LogP contribution in [-0.2, 0) is 9.53 Å². The molecule has 5 heteroatoms. The minimum Gasteiger partial charge on any atom is -0.378 e. The highest BCUT2D eigenvalue weighted by molar-refractivity contribution is 7.10. The molecule has 4 nitrogen and oxygen atoms in total. The largest absolute Gasteiger partial charge is 0.378 e. The Morgan fingerprint density at radius 3 is 3.05 bits per heavy atom. The summed E-state index contributed by atoms with van der Waals surface area (Å²) in [5.74, 6) is 0.242. The Balaban J connectivity index is 1.65. The molecular formula is C16H24N2O2S. The predicted octanol–water partition coefficient (Wildman–Crippen LogP) is 2.92. The first-order chi connectivity index (χ1) is 10.3. The van der Waals surface area contributed by atoms with Crippen molar-refractivity contribution in [2.75, 3.05) is 13.2 Å². The number of thiophene rings is 1. The van der Waals surface area contributed by atoms with Crippen molar-refractivity contribution in [3.8, 4) is 0 Å². The summed E-state index contributed by atoms with van der Waals surface area (Å²) in [6.07, 6.45) is 5.74. The van der Waals surface area contributed by atoms with E-state index in [0.29, 0.717) is 6.10 Å². The van der Waals surface area contributed by atoms with Crippen LogP contribution in [0, 0.1) is 0 Å². The Morgan fingerprint density at radius 1 is 1.48 bits per heavy atom. The molecule has 116 valence electrons. The monoisotopic (exact) mass is 308 g/mol. The van der Waals surface area contributed by atoms with E-state index in [0.717, 1.165) is 32.4 Å². The van der Waals surface area contributed by atoms with Crippen molar-refractivity contribution >= 4 is 17.2 Å². The van der Waals surface area contributed by atoms with Gasteiger partial charge in [-0.25, -0.2) is 0 Å². The van der Waals surface area contributed by atoms with Crippen LogP contribution in [0.3, 0.4) is 0 Å². The lowest BCUT2D eigenvalue weighted by molar-refractivity contribution is -0.130. The predicted molar refractivity (Wildman–Crippen MR) is 84.2 cm³/mol. The summed E-state index contributed by atoms with van der Waals surface area (Å²) < 4.78 is 5.80. The zero-order chi connectivity index (χ0) is 14.7. The number of rotatable bonds is 5. The zero-order valence-electron chi connectivity index (χ0n) is 12.6. The SMILES string of the molecule is CCC1NC(c2cccs2)N(CCC2CCCCO2)C1=O. The van der Waals surface area contributed by atoms with E-state index < -0.39 is 0 Å². The third-order valence-corrected chi connectivity index (χ3v) is 5.36. The Morgan fingerprint density at radius 2 is 2.38 bits per heavy atom. The molecule has 3 atom stereocenters. The summed E-state index contributed by atoms with van der Waals surface area (Å²) in [6.45, 7) is 3.73. The smallest absolute Gasteiger partial charge is 0.241 e. The molecule has 3 rings (SSSR count). The Labute approximate surface area is 130 Å². The minimum atomic E-state index is -0.0376. The molecule has 0 bridgehead atoms. The molecule has 1 aromatic rings. The molecule has 1 N–H and O–H groups in total. The Kier molecular flexibility index (Phi) is 4.93. The molecular weight excluding hydrogens is 284 g/mol. The Bertz CT molecular complexity index is 457. The number of carbonyl (C=O) groups excluding carboxylic acids is 1. The van der Waals surface area contributed by atoms with Crippen LogP contribution in [0.2, 0.25) is 0 Å². The molecule has 2 saturated heterocycles. The normalized spacial score (nSPS) is 30.0. The van der Waals surface area contributed by atoms with Crippen molar-refractivity contribution in [1.82, 2.24) is 10.2 Å². The van der Waals surface area contributed by atoms with Gasteiger partial charge in [0, 0.05) is 18.0 Å². The van der Waals surface area contributed by atoms with Gasteiger partial charge in [-0.05, 0) is 43.6 Å².